The van der Waals surface area contributed by atoms with E-state index in [2.05, 4.69) is 4.74 Å². The maximum absolute atomic E-state index is 10.4. The first-order valence-electron chi connectivity index (χ1n) is 3.95. The zero-order valence-electron chi connectivity index (χ0n) is 8.01. The molecule has 0 radical (unpaired) electrons. The molecule has 4 atom stereocenters. The van der Waals surface area contributed by atoms with Crippen molar-refractivity contribution < 1.29 is 24.5 Å². The lowest BCUT2D eigenvalue weighted by molar-refractivity contribution is -0.141. The molecule has 0 spiro atoms. The van der Waals surface area contributed by atoms with E-state index in [1.165, 1.54) is 21.1 Å². The van der Waals surface area contributed by atoms with Crippen LogP contribution in [0.25, 0.3) is 0 Å². The predicted octanol–water partition coefficient (Wildman–Crippen LogP) is -1.04. The summed E-state index contributed by atoms with van der Waals surface area (Å²) in [7, 11) is 2.65. The van der Waals surface area contributed by atoms with Crippen molar-refractivity contribution in [3.8, 4) is 0 Å². The Morgan fingerprint density at radius 1 is 1.23 bits per heavy atom. The molecule has 78 valence electrons. The van der Waals surface area contributed by atoms with Crippen LogP contribution in [0.2, 0.25) is 0 Å². The van der Waals surface area contributed by atoms with Crippen molar-refractivity contribution >= 4 is 6.29 Å². The molecule has 0 aliphatic rings. The van der Waals surface area contributed by atoms with E-state index in [4.69, 9.17) is 9.84 Å². The summed E-state index contributed by atoms with van der Waals surface area (Å²) in [6, 6.07) is 0. The maximum Gasteiger partial charge on any atom is 0.151 e. The number of rotatable bonds is 6. The van der Waals surface area contributed by atoms with Gasteiger partial charge in [-0.25, -0.2) is 0 Å². The molecule has 0 saturated carbocycles. The van der Waals surface area contributed by atoms with Crippen LogP contribution in [0.3, 0.4) is 0 Å². The first-order valence-corrected chi connectivity index (χ1v) is 3.95. The number of carbonyl (C=O) groups excluding carboxylic acids is 1. The molecule has 0 fully saturated rings. The highest BCUT2D eigenvalue weighted by Crippen LogP contribution is 2.09. The zero-order chi connectivity index (χ0) is 10.4. The molecule has 5 heteroatoms. The number of hydrogen-bond acceptors (Lipinski definition) is 5. The molecule has 4 unspecified atom stereocenters. The summed E-state index contributed by atoms with van der Waals surface area (Å²) in [5.41, 5.74) is 0. The van der Waals surface area contributed by atoms with Gasteiger partial charge in [0.15, 0.2) is 6.29 Å². The van der Waals surface area contributed by atoms with Crippen molar-refractivity contribution in [1.29, 1.82) is 0 Å². The highest BCUT2D eigenvalue weighted by molar-refractivity contribution is 5.57. The summed E-state index contributed by atoms with van der Waals surface area (Å²) in [6.07, 6.45) is -3.35. The predicted molar refractivity (Wildman–Crippen MR) is 45.3 cm³/mol. The lowest BCUT2D eigenvalue weighted by atomic mass is 10.0. The summed E-state index contributed by atoms with van der Waals surface area (Å²) in [4.78, 5) is 10.4. The van der Waals surface area contributed by atoms with Crippen LogP contribution < -0.4 is 0 Å². The molecule has 0 amide bonds. The normalized spacial score (nSPS) is 20.4. The van der Waals surface area contributed by atoms with Gasteiger partial charge in [-0.2, -0.15) is 0 Å². The van der Waals surface area contributed by atoms with E-state index in [0.29, 0.717) is 6.29 Å². The number of methoxy groups -OCH3 is 2. The Morgan fingerprint density at radius 3 is 2.00 bits per heavy atom. The van der Waals surface area contributed by atoms with Crippen molar-refractivity contribution in [2.45, 2.75) is 31.3 Å². The number of aldehydes is 1. The number of ether oxygens (including phenoxy) is 2. The molecular formula is C8H16O5. The van der Waals surface area contributed by atoms with E-state index < -0.39 is 24.4 Å². The van der Waals surface area contributed by atoms with Crippen molar-refractivity contribution in [3.63, 3.8) is 0 Å². The highest BCUT2D eigenvalue weighted by atomic mass is 16.5. The molecule has 13 heavy (non-hydrogen) atoms. The number of carbonyl (C=O) groups is 1. The van der Waals surface area contributed by atoms with Gasteiger partial charge in [0.1, 0.15) is 18.3 Å². The third-order valence-electron chi connectivity index (χ3n) is 1.83. The van der Waals surface area contributed by atoms with Crippen LogP contribution in [-0.4, -0.2) is 55.1 Å². The SMILES string of the molecule is COC(C=O)C(O)C(OC)C(C)O. The van der Waals surface area contributed by atoms with Gasteiger partial charge >= 0.3 is 0 Å². The van der Waals surface area contributed by atoms with Crippen molar-refractivity contribution in [2.75, 3.05) is 14.2 Å². The van der Waals surface area contributed by atoms with E-state index in [-0.39, 0.29) is 0 Å². The minimum Gasteiger partial charge on any atom is -0.391 e. The minimum atomic E-state index is -1.16. The Balaban J connectivity index is 4.33. The van der Waals surface area contributed by atoms with Crippen LogP contribution in [0.5, 0.6) is 0 Å². The van der Waals surface area contributed by atoms with E-state index >= 15 is 0 Å². The number of aliphatic hydroxyl groups excluding tert-OH is 2. The molecule has 0 aromatic carbocycles. The fraction of sp³-hybridized carbons (Fsp3) is 0.875. The standard InChI is InChI=1S/C8H16O5/c1-5(10)8(13-3)7(11)6(4-9)12-2/h4-8,10-11H,1-3H3. The van der Waals surface area contributed by atoms with Crippen molar-refractivity contribution in [2.24, 2.45) is 0 Å². The summed E-state index contributed by atoms with van der Waals surface area (Å²) >= 11 is 0. The van der Waals surface area contributed by atoms with Crippen molar-refractivity contribution in [3.05, 3.63) is 0 Å². The zero-order valence-corrected chi connectivity index (χ0v) is 8.01. The Bertz CT molecular complexity index is 147. The van der Waals surface area contributed by atoms with Crippen LogP contribution in [0.1, 0.15) is 6.92 Å². The Kier molecular flexibility index (Phi) is 5.81. The lowest BCUT2D eigenvalue weighted by Gasteiger charge is -2.26. The van der Waals surface area contributed by atoms with Gasteiger partial charge < -0.3 is 24.5 Å². The molecule has 0 aromatic heterocycles. The van der Waals surface area contributed by atoms with Gasteiger partial charge in [0.05, 0.1) is 6.10 Å². The molecule has 0 heterocycles. The highest BCUT2D eigenvalue weighted by Gasteiger charge is 2.30. The topological polar surface area (TPSA) is 76.0 Å². The first-order chi connectivity index (χ1) is 6.08. The Hall–Kier alpha value is -0.490. The summed E-state index contributed by atoms with van der Waals surface area (Å²) in [5, 5.41) is 18.7. The lowest BCUT2D eigenvalue weighted by Crippen LogP contribution is -2.46. The van der Waals surface area contributed by atoms with Gasteiger partial charge in [0, 0.05) is 14.2 Å². The monoisotopic (exact) mass is 192 g/mol. The quantitative estimate of drug-likeness (QED) is 0.525. The van der Waals surface area contributed by atoms with Crippen LogP contribution in [0.15, 0.2) is 0 Å². The Morgan fingerprint density at radius 2 is 1.77 bits per heavy atom. The van der Waals surface area contributed by atoms with E-state index in [1.807, 2.05) is 0 Å². The largest absolute Gasteiger partial charge is 0.391 e. The fourth-order valence-corrected chi connectivity index (χ4v) is 1.08. The summed E-state index contributed by atoms with van der Waals surface area (Å²) in [5.74, 6) is 0. The van der Waals surface area contributed by atoms with Gasteiger partial charge in [0.25, 0.3) is 0 Å². The second-order valence-corrected chi connectivity index (χ2v) is 2.77. The van der Waals surface area contributed by atoms with Gasteiger partial charge in [-0.05, 0) is 6.92 Å². The molecule has 0 bridgehead atoms. The number of hydrogen-bond donors (Lipinski definition) is 2. The second-order valence-electron chi connectivity index (χ2n) is 2.77. The smallest absolute Gasteiger partial charge is 0.151 e. The fourth-order valence-electron chi connectivity index (χ4n) is 1.08. The molecular weight excluding hydrogens is 176 g/mol. The minimum absolute atomic E-state index is 0.471. The van der Waals surface area contributed by atoms with Crippen LogP contribution in [0.4, 0.5) is 0 Å². The average Bonchev–Trinajstić information content (AvgIpc) is 2.07. The van der Waals surface area contributed by atoms with E-state index in [1.54, 1.807) is 0 Å². The van der Waals surface area contributed by atoms with Gasteiger partial charge in [-0.3, -0.25) is 0 Å². The molecule has 0 rings (SSSR count). The molecule has 0 aromatic rings. The van der Waals surface area contributed by atoms with Gasteiger partial charge in [0.2, 0.25) is 0 Å². The van der Waals surface area contributed by atoms with Crippen LogP contribution in [0, 0.1) is 0 Å². The van der Waals surface area contributed by atoms with Gasteiger partial charge in [-0.1, -0.05) is 0 Å². The maximum atomic E-state index is 10.4. The summed E-state index contributed by atoms with van der Waals surface area (Å²) < 4.78 is 9.50. The average molecular weight is 192 g/mol. The third-order valence-corrected chi connectivity index (χ3v) is 1.83. The molecule has 0 saturated heterocycles. The molecule has 5 nitrogen and oxygen atoms in total. The van der Waals surface area contributed by atoms with Crippen LogP contribution in [-0.2, 0) is 14.3 Å². The third kappa shape index (κ3) is 3.40. The van der Waals surface area contributed by atoms with Crippen LogP contribution >= 0.6 is 0 Å². The summed E-state index contributed by atoms with van der Waals surface area (Å²) in [6.45, 7) is 1.47. The van der Waals surface area contributed by atoms with Crippen molar-refractivity contribution in [1.82, 2.24) is 0 Å². The first kappa shape index (κ1) is 12.5. The van der Waals surface area contributed by atoms with E-state index in [9.17, 15) is 9.90 Å². The van der Waals surface area contributed by atoms with Gasteiger partial charge in [-0.15, -0.1) is 0 Å². The number of aliphatic hydroxyl groups is 2. The molecule has 2 N–H and O–H groups in total. The molecule has 0 aliphatic carbocycles. The second kappa shape index (κ2) is 6.04. The van der Waals surface area contributed by atoms with E-state index in [0.717, 1.165) is 0 Å². The molecule has 0 aliphatic heterocycles. The Labute approximate surface area is 77.3 Å².